The van der Waals surface area contributed by atoms with Crippen LogP contribution in [0, 0.1) is 0 Å². The van der Waals surface area contributed by atoms with Gasteiger partial charge in [0.05, 0.1) is 6.10 Å². The molecule has 2 rings (SSSR count). The summed E-state index contributed by atoms with van der Waals surface area (Å²) in [6, 6.07) is -1.56. The summed E-state index contributed by atoms with van der Waals surface area (Å²) >= 11 is 17.5. The molecule has 46 heavy (non-hydrogen) atoms. The third kappa shape index (κ3) is 11.6. The van der Waals surface area contributed by atoms with E-state index < -0.39 is 109 Å². The van der Waals surface area contributed by atoms with Gasteiger partial charge in [-0.3, -0.25) is 24.0 Å². The van der Waals surface area contributed by atoms with Gasteiger partial charge in [-0.05, 0) is 33.5 Å². The molecule has 9 atom stereocenters. The topological polar surface area (TPSA) is 197 Å². The highest BCUT2D eigenvalue weighted by atomic mass is 35.6. The molecule has 0 aromatic heterocycles. The average molecular weight is 736 g/mol. The molecule has 0 radical (unpaired) electrons. The molecule has 0 saturated carbocycles. The van der Waals surface area contributed by atoms with Crippen LogP contribution in [0.1, 0.15) is 34.6 Å². The minimum absolute atomic E-state index is 0.517. The maximum Gasteiger partial charge on any atom is 0.303 e. The molecule has 0 bridgehead atoms. The van der Waals surface area contributed by atoms with Crippen LogP contribution < -0.4 is 11.1 Å². The summed E-state index contributed by atoms with van der Waals surface area (Å²) in [6.07, 6.45) is -9.56. The Morgan fingerprint density at radius 2 is 1.57 bits per heavy atom. The quantitative estimate of drug-likeness (QED) is 0.0914. The molecule has 0 aliphatic carbocycles. The average Bonchev–Trinajstić information content (AvgIpc) is 3.21. The number of hydrogen-bond donors (Lipinski definition) is 2. The number of hydrogen-bond acceptors (Lipinski definition) is 13. The number of carbonyl (C=O) groups excluding carboxylic acids is 5. The van der Waals surface area contributed by atoms with Gasteiger partial charge in [-0.2, -0.15) is 0 Å². The van der Waals surface area contributed by atoms with Crippen molar-refractivity contribution in [3.05, 3.63) is 12.7 Å². The first-order valence-electron chi connectivity index (χ1n) is 14.1. The Bertz CT molecular complexity index is 1160. The van der Waals surface area contributed by atoms with E-state index >= 15 is 0 Å². The summed E-state index contributed by atoms with van der Waals surface area (Å²) in [7, 11) is -2.39. The standard InChI is InChI=1S/C27H41Cl3N2O13Si/c1-10-15(45-46(7,8)9)18(21-22(23(31)36)44-26(5,6)43-21)42-24-17(32-25(37)27(28,29)30)20(40-14(4)35)19(39-13(3)34)16(41-24)11-38-12(2)33/h10,15-22,24H,1,11H2,2-9H3,(H2,31,36)(H,32,37)/t15-,16+,17+,18+,19+,20+,21+,22-,24-/m0/s1. The fraction of sp³-hybridized carbons (Fsp3) is 0.741. The van der Waals surface area contributed by atoms with Crippen molar-refractivity contribution in [3.63, 3.8) is 0 Å². The van der Waals surface area contributed by atoms with E-state index in [4.69, 9.17) is 78.1 Å². The maximum absolute atomic E-state index is 13.0. The normalized spacial score (nSPS) is 29.2. The van der Waals surface area contributed by atoms with Crippen LogP contribution in [0.15, 0.2) is 12.7 Å². The van der Waals surface area contributed by atoms with Crippen LogP contribution in [0.5, 0.6) is 0 Å². The number of ether oxygens (including phenoxy) is 7. The van der Waals surface area contributed by atoms with E-state index in [1.165, 1.54) is 6.08 Å². The van der Waals surface area contributed by atoms with Crippen molar-refractivity contribution in [3.8, 4) is 0 Å². The molecule has 2 amide bonds. The number of carbonyl (C=O) groups is 5. The second-order valence-corrected chi connectivity index (χ2v) is 18.7. The third-order valence-electron chi connectivity index (χ3n) is 6.33. The van der Waals surface area contributed by atoms with Crippen LogP contribution in [0.25, 0.3) is 0 Å². The van der Waals surface area contributed by atoms with Crippen molar-refractivity contribution < 1.29 is 61.6 Å². The number of amides is 2. The highest BCUT2D eigenvalue weighted by molar-refractivity contribution is 6.76. The number of nitrogens with one attached hydrogen (secondary N) is 1. The molecule has 3 N–H and O–H groups in total. The van der Waals surface area contributed by atoms with Crippen LogP contribution >= 0.6 is 34.8 Å². The van der Waals surface area contributed by atoms with Crippen molar-refractivity contribution in [2.24, 2.45) is 5.73 Å². The molecular formula is C27H41Cl3N2O13Si. The van der Waals surface area contributed by atoms with Gasteiger partial charge in [0.1, 0.15) is 31.0 Å². The van der Waals surface area contributed by atoms with E-state index in [1.54, 1.807) is 13.8 Å². The number of alkyl halides is 3. The smallest absolute Gasteiger partial charge is 0.303 e. The lowest BCUT2D eigenvalue weighted by atomic mass is 9.95. The first-order chi connectivity index (χ1) is 21.0. The van der Waals surface area contributed by atoms with Crippen LogP contribution in [-0.4, -0.2) is 109 Å². The molecule has 262 valence electrons. The minimum atomic E-state index is -2.52. The summed E-state index contributed by atoms with van der Waals surface area (Å²) in [4.78, 5) is 61.8. The fourth-order valence-electron chi connectivity index (χ4n) is 4.81. The molecule has 2 heterocycles. The lowest BCUT2D eigenvalue weighted by molar-refractivity contribution is -0.301. The van der Waals surface area contributed by atoms with Crippen LogP contribution in [0.4, 0.5) is 0 Å². The summed E-state index contributed by atoms with van der Waals surface area (Å²) in [5, 5.41) is 2.42. The highest BCUT2D eigenvalue weighted by Crippen LogP contribution is 2.37. The number of rotatable bonds is 13. The number of halogens is 3. The molecule has 2 aliphatic heterocycles. The fourth-order valence-corrected chi connectivity index (χ4v) is 6.02. The first kappa shape index (κ1) is 40.2. The molecule has 0 spiro atoms. The second kappa shape index (κ2) is 15.9. The Morgan fingerprint density at radius 1 is 1.00 bits per heavy atom. The molecule has 2 fully saturated rings. The van der Waals surface area contributed by atoms with Crippen molar-refractivity contribution >= 4 is 72.8 Å². The predicted molar refractivity (Wildman–Crippen MR) is 165 cm³/mol. The van der Waals surface area contributed by atoms with E-state index in [0.717, 1.165) is 20.8 Å². The Morgan fingerprint density at radius 3 is 2.02 bits per heavy atom. The largest absolute Gasteiger partial charge is 0.463 e. The summed E-state index contributed by atoms with van der Waals surface area (Å²) in [5.41, 5.74) is 5.68. The van der Waals surface area contributed by atoms with E-state index in [1.807, 2.05) is 19.6 Å². The monoisotopic (exact) mass is 734 g/mol. The Labute approximate surface area is 283 Å². The van der Waals surface area contributed by atoms with Gasteiger partial charge in [0.25, 0.3) is 9.70 Å². The summed E-state index contributed by atoms with van der Waals surface area (Å²) in [6.45, 7) is 15.4. The lowest BCUT2D eigenvalue weighted by Crippen LogP contribution is -2.68. The zero-order valence-electron chi connectivity index (χ0n) is 26.7. The lowest BCUT2D eigenvalue weighted by Gasteiger charge is -2.47. The molecular weight excluding hydrogens is 695 g/mol. The Hall–Kier alpha value is -2.02. The maximum atomic E-state index is 13.0. The molecule has 2 aliphatic rings. The summed E-state index contributed by atoms with van der Waals surface area (Å²) in [5.74, 6) is -5.80. The predicted octanol–water partition coefficient (Wildman–Crippen LogP) is 1.79. The molecule has 0 unspecified atom stereocenters. The van der Waals surface area contributed by atoms with Gasteiger partial charge in [-0.1, -0.05) is 40.9 Å². The van der Waals surface area contributed by atoms with E-state index in [-0.39, 0.29) is 0 Å². The van der Waals surface area contributed by atoms with Gasteiger partial charge in [0, 0.05) is 20.8 Å². The Balaban J connectivity index is 2.77. The van der Waals surface area contributed by atoms with Gasteiger partial charge in [0.2, 0.25) is 5.91 Å². The number of primary amides is 1. The number of esters is 3. The molecule has 0 aromatic rings. The van der Waals surface area contributed by atoms with Crippen molar-refractivity contribution in [1.82, 2.24) is 5.32 Å². The highest BCUT2D eigenvalue weighted by Gasteiger charge is 2.56. The van der Waals surface area contributed by atoms with Crippen LogP contribution in [0.3, 0.4) is 0 Å². The number of nitrogens with two attached hydrogens (primary N) is 1. The second-order valence-electron chi connectivity index (χ2n) is 11.9. The first-order valence-corrected chi connectivity index (χ1v) is 18.6. The van der Waals surface area contributed by atoms with E-state index in [9.17, 15) is 24.0 Å². The minimum Gasteiger partial charge on any atom is -0.463 e. The van der Waals surface area contributed by atoms with Crippen molar-refractivity contribution in [2.45, 2.75) is 119 Å². The summed E-state index contributed by atoms with van der Waals surface area (Å²) < 4.78 is 44.3. The SMILES string of the molecule is C=C[C@H](O[Si](C)(C)C)[C@@H](O[C@@H]1O[C@H](COC(C)=O)[C@@H](OC(C)=O)[C@H](OC(C)=O)[C@H]1NC(=O)C(Cl)(Cl)Cl)[C@H]1OC(C)(C)O[C@@H]1C(N)=O. The zero-order valence-corrected chi connectivity index (χ0v) is 30.0. The van der Waals surface area contributed by atoms with Gasteiger partial charge in [-0.25, -0.2) is 0 Å². The zero-order chi connectivity index (χ0) is 35.4. The Kier molecular flexibility index (Phi) is 13.9. The molecule has 19 heteroatoms. The van der Waals surface area contributed by atoms with E-state index in [2.05, 4.69) is 11.9 Å². The third-order valence-corrected chi connectivity index (χ3v) is 7.82. The van der Waals surface area contributed by atoms with Gasteiger partial charge < -0.3 is 48.6 Å². The van der Waals surface area contributed by atoms with Crippen molar-refractivity contribution in [2.75, 3.05) is 6.61 Å². The molecule has 0 aromatic carbocycles. The van der Waals surface area contributed by atoms with Crippen LogP contribution in [0.2, 0.25) is 19.6 Å². The van der Waals surface area contributed by atoms with Gasteiger partial charge in [-0.15, -0.1) is 6.58 Å². The van der Waals surface area contributed by atoms with E-state index in [0.29, 0.717) is 0 Å². The molecule has 2 saturated heterocycles. The van der Waals surface area contributed by atoms with Gasteiger partial charge in [0.15, 0.2) is 38.7 Å². The van der Waals surface area contributed by atoms with Gasteiger partial charge >= 0.3 is 17.9 Å². The van der Waals surface area contributed by atoms with Crippen LogP contribution in [-0.2, 0) is 61.6 Å². The van der Waals surface area contributed by atoms with Crippen molar-refractivity contribution in [1.29, 1.82) is 0 Å². The molecule has 15 nitrogen and oxygen atoms in total.